The largest absolute Gasteiger partial charge is 0.324 e. The van der Waals surface area contributed by atoms with Gasteiger partial charge in [-0.2, -0.15) is 0 Å². The molecular formula is C19H17FN2O3S2. The summed E-state index contributed by atoms with van der Waals surface area (Å²) in [4.78, 5) is 12.5. The van der Waals surface area contributed by atoms with Gasteiger partial charge in [0.2, 0.25) is 5.91 Å². The van der Waals surface area contributed by atoms with E-state index in [-0.39, 0.29) is 9.90 Å². The Morgan fingerprint density at radius 2 is 1.85 bits per heavy atom. The lowest BCUT2D eigenvalue weighted by Gasteiger charge is -2.23. The summed E-state index contributed by atoms with van der Waals surface area (Å²) < 4.78 is 40.5. The fraction of sp³-hybridized carbons (Fsp3) is 0.105. The number of thiophene rings is 1. The van der Waals surface area contributed by atoms with Crippen molar-refractivity contribution in [2.45, 2.75) is 11.1 Å². The molecule has 0 unspecified atom stereocenters. The van der Waals surface area contributed by atoms with Gasteiger partial charge >= 0.3 is 0 Å². The monoisotopic (exact) mass is 404 g/mol. The molecule has 0 saturated carbocycles. The van der Waals surface area contributed by atoms with Crippen LogP contribution in [0.4, 0.5) is 15.8 Å². The number of nitrogens with zero attached hydrogens (tertiary/aromatic N) is 1. The number of amides is 1. The number of rotatable bonds is 6. The first-order valence-corrected chi connectivity index (χ1v) is 10.4. The zero-order valence-corrected chi connectivity index (χ0v) is 16.1. The zero-order valence-electron chi connectivity index (χ0n) is 14.4. The molecule has 0 radical (unpaired) electrons. The van der Waals surface area contributed by atoms with Gasteiger partial charge in [-0.15, -0.1) is 11.3 Å². The maximum atomic E-state index is 13.3. The molecule has 3 aromatic rings. The molecule has 27 heavy (non-hydrogen) atoms. The van der Waals surface area contributed by atoms with Crippen molar-refractivity contribution < 1.29 is 17.6 Å². The molecule has 0 saturated heterocycles. The first-order chi connectivity index (χ1) is 12.9. The summed E-state index contributed by atoms with van der Waals surface area (Å²) in [5, 5.41) is 4.19. The van der Waals surface area contributed by atoms with Gasteiger partial charge in [0.15, 0.2) is 0 Å². The van der Waals surface area contributed by atoms with Gasteiger partial charge in [0.05, 0.1) is 5.69 Å². The van der Waals surface area contributed by atoms with E-state index in [4.69, 9.17) is 0 Å². The summed E-state index contributed by atoms with van der Waals surface area (Å²) in [6.07, 6.45) is 0. The summed E-state index contributed by atoms with van der Waals surface area (Å²) in [6, 6.07) is 15.4. The van der Waals surface area contributed by atoms with E-state index in [1.807, 2.05) is 6.92 Å². The molecule has 0 aliphatic heterocycles. The molecule has 1 heterocycles. The molecular weight excluding hydrogens is 387 g/mol. The quantitative estimate of drug-likeness (QED) is 0.675. The molecule has 1 aromatic heterocycles. The van der Waals surface area contributed by atoms with Crippen molar-refractivity contribution in [2.75, 3.05) is 16.2 Å². The average molecular weight is 404 g/mol. The minimum atomic E-state index is -3.90. The second kappa shape index (κ2) is 7.89. The van der Waals surface area contributed by atoms with E-state index in [9.17, 15) is 17.6 Å². The number of carbonyl (C=O) groups excluding carboxylic acids is 1. The van der Waals surface area contributed by atoms with Crippen molar-refractivity contribution in [3.8, 4) is 0 Å². The van der Waals surface area contributed by atoms with Gasteiger partial charge in [-0.3, -0.25) is 9.10 Å². The van der Waals surface area contributed by atoms with Crippen molar-refractivity contribution in [3.63, 3.8) is 0 Å². The predicted octanol–water partition coefficient (Wildman–Crippen LogP) is 4.03. The van der Waals surface area contributed by atoms with Crippen LogP contribution in [0.2, 0.25) is 0 Å². The minimum absolute atomic E-state index is 0.140. The zero-order chi connectivity index (χ0) is 19.4. The van der Waals surface area contributed by atoms with Crippen molar-refractivity contribution in [2.24, 2.45) is 0 Å². The van der Waals surface area contributed by atoms with Crippen LogP contribution in [0.3, 0.4) is 0 Å². The molecule has 0 atom stereocenters. The van der Waals surface area contributed by atoms with Crippen LogP contribution in [0.15, 0.2) is 70.3 Å². The normalized spacial score (nSPS) is 11.2. The highest BCUT2D eigenvalue weighted by atomic mass is 32.2. The molecule has 0 aliphatic rings. The number of halogens is 1. The average Bonchev–Trinajstić information content (AvgIpc) is 3.16. The van der Waals surface area contributed by atoms with Crippen LogP contribution >= 0.6 is 11.3 Å². The first kappa shape index (κ1) is 19.1. The number of benzene rings is 2. The third kappa shape index (κ3) is 4.53. The Kier molecular flexibility index (Phi) is 5.57. The van der Waals surface area contributed by atoms with Crippen molar-refractivity contribution in [1.82, 2.24) is 0 Å². The van der Waals surface area contributed by atoms with Crippen molar-refractivity contribution >= 4 is 38.6 Å². The summed E-state index contributed by atoms with van der Waals surface area (Å²) in [7, 11) is -3.90. The Morgan fingerprint density at radius 3 is 2.48 bits per heavy atom. The van der Waals surface area contributed by atoms with E-state index in [0.29, 0.717) is 5.69 Å². The highest BCUT2D eigenvalue weighted by Crippen LogP contribution is 2.26. The van der Waals surface area contributed by atoms with Gasteiger partial charge in [-0.05, 0) is 48.7 Å². The molecule has 1 amide bonds. The number of aryl methyl sites for hydroxylation is 1. The van der Waals surface area contributed by atoms with Crippen LogP contribution in [-0.2, 0) is 14.8 Å². The summed E-state index contributed by atoms with van der Waals surface area (Å²) >= 11 is 1.08. The third-order valence-electron chi connectivity index (χ3n) is 3.76. The highest BCUT2D eigenvalue weighted by Gasteiger charge is 2.28. The molecule has 5 nitrogen and oxygen atoms in total. The van der Waals surface area contributed by atoms with E-state index >= 15 is 0 Å². The summed E-state index contributed by atoms with van der Waals surface area (Å²) in [5.41, 5.74) is 1.61. The standard InChI is InChI=1S/C19H17FN2O3S2/c1-14-7-9-17(10-8-14)22(27(24,25)19-6-3-11-26-19)13-18(23)21-16-5-2-4-15(20)12-16/h2-12H,13H2,1H3,(H,21,23). The second-order valence-electron chi connectivity index (χ2n) is 5.84. The van der Waals surface area contributed by atoms with Gasteiger partial charge in [0.25, 0.3) is 10.0 Å². The van der Waals surface area contributed by atoms with Gasteiger partial charge in [-0.25, -0.2) is 12.8 Å². The highest BCUT2D eigenvalue weighted by molar-refractivity contribution is 7.94. The Morgan fingerprint density at radius 1 is 1.11 bits per heavy atom. The molecule has 8 heteroatoms. The second-order valence-corrected chi connectivity index (χ2v) is 8.87. The SMILES string of the molecule is Cc1ccc(N(CC(=O)Nc2cccc(F)c2)S(=O)(=O)c2cccs2)cc1. The molecule has 140 valence electrons. The van der Waals surface area contributed by atoms with Gasteiger partial charge in [0.1, 0.15) is 16.6 Å². The molecule has 0 aliphatic carbocycles. The van der Waals surface area contributed by atoms with E-state index < -0.39 is 28.3 Å². The van der Waals surface area contributed by atoms with Crippen LogP contribution < -0.4 is 9.62 Å². The molecule has 0 bridgehead atoms. The topological polar surface area (TPSA) is 66.5 Å². The molecule has 2 aromatic carbocycles. The van der Waals surface area contributed by atoms with Gasteiger partial charge < -0.3 is 5.32 Å². The molecule has 0 fully saturated rings. The van der Waals surface area contributed by atoms with Crippen LogP contribution in [0, 0.1) is 12.7 Å². The minimum Gasteiger partial charge on any atom is -0.324 e. The lowest BCUT2D eigenvalue weighted by atomic mass is 10.2. The van der Waals surface area contributed by atoms with E-state index in [1.54, 1.807) is 35.7 Å². The number of anilines is 2. The summed E-state index contributed by atoms with van der Waals surface area (Å²) in [6.45, 7) is 1.46. The van der Waals surface area contributed by atoms with E-state index in [0.717, 1.165) is 21.2 Å². The first-order valence-electron chi connectivity index (χ1n) is 8.04. The van der Waals surface area contributed by atoms with Crippen LogP contribution in [0.25, 0.3) is 0 Å². The Balaban J connectivity index is 1.90. The van der Waals surface area contributed by atoms with Crippen molar-refractivity contribution in [3.05, 3.63) is 77.4 Å². The fourth-order valence-corrected chi connectivity index (χ4v) is 4.97. The maximum Gasteiger partial charge on any atom is 0.274 e. The van der Waals surface area contributed by atoms with Crippen LogP contribution in [0.5, 0.6) is 0 Å². The number of hydrogen-bond acceptors (Lipinski definition) is 4. The molecule has 3 rings (SSSR count). The van der Waals surface area contributed by atoms with Crippen LogP contribution in [0.1, 0.15) is 5.56 Å². The fourth-order valence-electron chi connectivity index (χ4n) is 2.44. The molecule has 0 spiro atoms. The smallest absolute Gasteiger partial charge is 0.274 e. The number of sulfonamides is 1. The number of hydrogen-bond donors (Lipinski definition) is 1. The molecule has 1 N–H and O–H groups in total. The number of nitrogens with one attached hydrogen (secondary N) is 1. The maximum absolute atomic E-state index is 13.3. The van der Waals surface area contributed by atoms with E-state index in [2.05, 4.69) is 5.32 Å². The summed E-state index contributed by atoms with van der Waals surface area (Å²) in [5.74, 6) is -1.06. The van der Waals surface area contributed by atoms with Gasteiger partial charge in [-0.1, -0.05) is 29.8 Å². The third-order valence-corrected chi connectivity index (χ3v) is 6.90. The van der Waals surface area contributed by atoms with Gasteiger partial charge in [0, 0.05) is 5.69 Å². The van der Waals surface area contributed by atoms with E-state index in [1.165, 1.54) is 30.3 Å². The lowest BCUT2D eigenvalue weighted by Crippen LogP contribution is -2.37. The van der Waals surface area contributed by atoms with Crippen molar-refractivity contribution in [1.29, 1.82) is 0 Å². The Bertz CT molecular complexity index is 1030. The number of carbonyl (C=O) groups is 1. The van der Waals surface area contributed by atoms with Crippen LogP contribution in [-0.4, -0.2) is 20.9 Å². The predicted molar refractivity (Wildman–Crippen MR) is 105 cm³/mol. The Hall–Kier alpha value is -2.71. The Labute approximate surface area is 161 Å². The lowest BCUT2D eigenvalue weighted by molar-refractivity contribution is -0.114.